The van der Waals surface area contributed by atoms with Crippen molar-refractivity contribution in [3.05, 3.63) is 23.8 Å². The van der Waals surface area contributed by atoms with E-state index in [-0.39, 0.29) is 18.3 Å². The lowest BCUT2D eigenvalue weighted by molar-refractivity contribution is -0.142. The highest BCUT2D eigenvalue weighted by atomic mass is 16.5. The molecule has 0 atom stereocenters. The normalized spacial score (nSPS) is 14.0. The van der Waals surface area contributed by atoms with Crippen LogP contribution in [-0.2, 0) is 20.7 Å². The second-order valence-electron chi connectivity index (χ2n) is 4.27. The molecule has 0 bridgehead atoms. The number of methoxy groups -OCH3 is 1. The number of esters is 1. The van der Waals surface area contributed by atoms with Gasteiger partial charge in [-0.1, -0.05) is 0 Å². The molecule has 1 aromatic carbocycles. The van der Waals surface area contributed by atoms with Crippen LogP contribution in [0.3, 0.4) is 0 Å². The molecule has 0 saturated carbocycles. The summed E-state index contributed by atoms with van der Waals surface area (Å²) in [6.07, 6.45) is 0.728. The van der Waals surface area contributed by atoms with E-state index in [1.54, 1.807) is 25.0 Å². The zero-order valence-corrected chi connectivity index (χ0v) is 11.1. The van der Waals surface area contributed by atoms with E-state index in [1.807, 2.05) is 12.1 Å². The van der Waals surface area contributed by atoms with Crippen LogP contribution in [0.5, 0.6) is 5.75 Å². The fraction of sp³-hybridized carbons (Fsp3) is 0.429. The lowest BCUT2D eigenvalue weighted by Gasteiger charge is -2.31. The van der Waals surface area contributed by atoms with E-state index in [0.29, 0.717) is 18.8 Å². The molecule has 2 rings (SSSR count). The highest BCUT2D eigenvalue weighted by Gasteiger charge is 2.26. The van der Waals surface area contributed by atoms with E-state index in [1.165, 1.54) is 0 Å². The van der Waals surface area contributed by atoms with Crippen LogP contribution >= 0.6 is 0 Å². The summed E-state index contributed by atoms with van der Waals surface area (Å²) in [6, 6.07) is 5.41. The number of benzene rings is 1. The number of carbonyl (C=O) groups excluding carboxylic acids is 2. The number of carbonyl (C=O) groups is 2. The van der Waals surface area contributed by atoms with Crippen molar-refractivity contribution in [2.75, 3.05) is 25.2 Å². The Bertz CT molecular complexity index is 498. The Kier molecular flexibility index (Phi) is 4.04. The number of hydrogen-bond acceptors (Lipinski definition) is 4. The zero-order chi connectivity index (χ0) is 13.8. The SMILES string of the molecule is CCOC(=O)Cc1cc(N2CCC2=O)ccc1OC. The summed E-state index contributed by atoms with van der Waals surface area (Å²) < 4.78 is 10.2. The van der Waals surface area contributed by atoms with Crippen molar-refractivity contribution in [2.24, 2.45) is 0 Å². The van der Waals surface area contributed by atoms with E-state index in [2.05, 4.69) is 0 Å². The van der Waals surface area contributed by atoms with Gasteiger partial charge >= 0.3 is 5.97 Å². The molecule has 0 unspecified atom stereocenters. The lowest BCUT2D eigenvalue weighted by Crippen LogP contribution is -2.43. The first-order valence-corrected chi connectivity index (χ1v) is 6.28. The largest absolute Gasteiger partial charge is 0.496 e. The van der Waals surface area contributed by atoms with Gasteiger partial charge in [0.15, 0.2) is 0 Å². The van der Waals surface area contributed by atoms with Crippen molar-refractivity contribution in [1.29, 1.82) is 0 Å². The third-order valence-corrected chi connectivity index (χ3v) is 3.07. The minimum atomic E-state index is -0.298. The maximum atomic E-state index is 11.6. The van der Waals surface area contributed by atoms with Crippen LogP contribution in [0.2, 0.25) is 0 Å². The molecular formula is C14H17NO4. The van der Waals surface area contributed by atoms with Crippen LogP contribution in [0, 0.1) is 0 Å². The quantitative estimate of drug-likeness (QED) is 0.597. The maximum Gasteiger partial charge on any atom is 0.310 e. The van der Waals surface area contributed by atoms with Crippen molar-refractivity contribution in [1.82, 2.24) is 0 Å². The van der Waals surface area contributed by atoms with Gasteiger partial charge in [0.25, 0.3) is 0 Å². The first-order valence-electron chi connectivity index (χ1n) is 6.28. The number of rotatable bonds is 5. The van der Waals surface area contributed by atoms with Crippen molar-refractivity contribution < 1.29 is 19.1 Å². The molecule has 0 aliphatic carbocycles. The summed E-state index contributed by atoms with van der Waals surface area (Å²) in [4.78, 5) is 24.7. The number of amides is 1. The fourth-order valence-corrected chi connectivity index (χ4v) is 2.03. The van der Waals surface area contributed by atoms with Gasteiger partial charge in [0.2, 0.25) is 5.91 Å². The molecule has 0 N–H and O–H groups in total. The molecule has 1 saturated heterocycles. The standard InChI is InChI=1S/C14H17NO4/c1-3-19-14(17)9-10-8-11(4-5-12(10)18-2)15-7-6-13(15)16/h4-5,8H,3,6-7,9H2,1-2H3. The zero-order valence-electron chi connectivity index (χ0n) is 11.1. The molecule has 1 aliphatic rings. The molecule has 1 aromatic rings. The van der Waals surface area contributed by atoms with Crippen LogP contribution < -0.4 is 9.64 Å². The third kappa shape index (κ3) is 2.86. The maximum absolute atomic E-state index is 11.6. The molecule has 1 amide bonds. The van der Waals surface area contributed by atoms with E-state index in [9.17, 15) is 9.59 Å². The van der Waals surface area contributed by atoms with E-state index in [0.717, 1.165) is 17.8 Å². The molecule has 5 heteroatoms. The van der Waals surface area contributed by atoms with Crippen LogP contribution in [0.1, 0.15) is 18.9 Å². The minimum absolute atomic E-state index is 0.104. The summed E-state index contributed by atoms with van der Waals surface area (Å²) in [5.41, 5.74) is 1.54. The lowest BCUT2D eigenvalue weighted by atomic mass is 10.1. The Morgan fingerprint density at radius 1 is 1.42 bits per heavy atom. The van der Waals surface area contributed by atoms with Gasteiger partial charge in [0.1, 0.15) is 5.75 Å². The summed E-state index contributed by atoms with van der Waals surface area (Å²) in [7, 11) is 1.55. The van der Waals surface area contributed by atoms with Gasteiger partial charge in [-0.3, -0.25) is 9.59 Å². The smallest absolute Gasteiger partial charge is 0.310 e. The second kappa shape index (κ2) is 5.73. The summed E-state index contributed by atoms with van der Waals surface area (Å²) in [6.45, 7) is 2.85. The molecule has 0 aromatic heterocycles. The predicted octanol–water partition coefficient (Wildman–Crippen LogP) is 1.54. The Morgan fingerprint density at radius 2 is 2.21 bits per heavy atom. The van der Waals surface area contributed by atoms with E-state index in [4.69, 9.17) is 9.47 Å². The molecule has 1 heterocycles. The average Bonchev–Trinajstić information content (AvgIpc) is 2.37. The number of ether oxygens (including phenoxy) is 2. The number of nitrogens with zero attached hydrogens (tertiary/aromatic N) is 1. The Labute approximate surface area is 112 Å². The van der Waals surface area contributed by atoms with Crippen LogP contribution in [0.15, 0.2) is 18.2 Å². The number of hydrogen-bond donors (Lipinski definition) is 0. The van der Waals surface area contributed by atoms with Gasteiger partial charge in [-0.25, -0.2) is 0 Å². The van der Waals surface area contributed by atoms with Crippen LogP contribution in [0.4, 0.5) is 5.69 Å². The summed E-state index contributed by atoms with van der Waals surface area (Å²) in [5, 5.41) is 0. The second-order valence-corrected chi connectivity index (χ2v) is 4.27. The van der Waals surface area contributed by atoms with Gasteiger partial charge in [0, 0.05) is 24.2 Å². The first kappa shape index (κ1) is 13.4. The molecule has 1 fully saturated rings. The molecular weight excluding hydrogens is 246 g/mol. The number of β-lactam (4-membered cyclic amide) rings is 1. The van der Waals surface area contributed by atoms with Crippen molar-refractivity contribution >= 4 is 17.6 Å². The van der Waals surface area contributed by atoms with E-state index < -0.39 is 0 Å². The molecule has 1 aliphatic heterocycles. The molecule has 19 heavy (non-hydrogen) atoms. The topological polar surface area (TPSA) is 55.8 Å². The van der Waals surface area contributed by atoms with Crippen molar-refractivity contribution in [2.45, 2.75) is 19.8 Å². The van der Waals surface area contributed by atoms with Crippen LogP contribution in [0.25, 0.3) is 0 Å². The Balaban J connectivity index is 2.21. The molecule has 0 radical (unpaired) electrons. The molecule has 0 spiro atoms. The Morgan fingerprint density at radius 3 is 2.74 bits per heavy atom. The number of anilines is 1. The van der Waals surface area contributed by atoms with Gasteiger partial charge in [-0.15, -0.1) is 0 Å². The minimum Gasteiger partial charge on any atom is -0.496 e. The van der Waals surface area contributed by atoms with Crippen molar-refractivity contribution in [3.63, 3.8) is 0 Å². The predicted molar refractivity (Wildman–Crippen MR) is 70.3 cm³/mol. The van der Waals surface area contributed by atoms with Gasteiger partial charge in [-0.2, -0.15) is 0 Å². The first-order chi connectivity index (χ1) is 9.15. The molecule has 102 valence electrons. The van der Waals surface area contributed by atoms with Crippen LogP contribution in [-0.4, -0.2) is 32.1 Å². The summed E-state index contributed by atoms with van der Waals surface area (Å²) in [5.74, 6) is 0.435. The average molecular weight is 263 g/mol. The summed E-state index contributed by atoms with van der Waals surface area (Å²) >= 11 is 0. The highest BCUT2D eigenvalue weighted by Crippen LogP contribution is 2.28. The van der Waals surface area contributed by atoms with Crippen molar-refractivity contribution in [3.8, 4) is 5.75 Å². The van der Waals surface area contributed by atoms with E-state index >= 15 is 0 Å². The Hall–Kier alpha value is -2.04. The van der Waals surface area contributed by atoms with Gasteiger partial charge < -0.3 is 14.4 Å². The van der Waals surface area contributed by atoms with Gasteiger partial charge in [-0.05, 0) is 25.1 Å². The monoisotopic (exact) mass is 263 g/mol. The fourth-order valence-electron chi connectivity index (χ4n) is 2.03. The van der Waals surface area contributed by atoms with Gasteiger partial charge in [0.05, 0.1) is 20.1 Å². The highest BCUT2D eigenvalue weighted by molar-refractivity contribution is 5.99. The molecule has 5 nitrogen and oxygen atoms in total. The third-order valence-electron chi connectivity index (χ3n) is 3.07.